The van der Waals surface area contributed by atoms with Gasteiger partial charge in [0, 0.05) is 6.42 Å². The van der Waals surface area contributed by atoms with E-state index in [0.29, 0.717) is 12.3 Å². The highest BCUT2D eigenvalue weighted by atomic mass is 16.1. The molecule has 1 unspecified atom stereocenters. The number of aldehydes is 1. The summed E-state index contributed by atoms with van der Waals surface area (Å²) in [6.45, 7) is 4.31. The van der Waals surface area contributed by atoms with Gasteiger partial charge in [0.2, 0.25) is 0 Å². The Morgan fingerprint density at radius 2 is 2.00 bits per heavy atom. The lowest BCUT2D eigenvalue weighted by Crippen LogP contribution is -1.92. The van der Waals surface area contributed by atoms with Gasteiger partial charge in [0.05, 0.1) is 0 Å². The number of rotatable bonds is 7. The molecule has 0 fully saturated rings. The summed E-state index contributed by atoms with van der Waals surface area (Å²) in [4.78, 5) is 10.1. The molecule has 0 aromatic rings. The molecule has 0 rings (SSSR count). The SMILES string of the molecule is CCCCC=CCC(C)CC=O. The summed E-state index contributed by atoms with van der Waals surface area (Å²) >= 11 is 0. The largest absolute Gasteiger partial charge is 0.303 e. The molecule has 0 saturated carbocycles. The Kier molecular flexibility index (Phi) is 8.09. The molecule has 0 N–H and O–H groups in total. The first kappa shape index (κ1) is 11.4. The molecule has 0 aliphatic carbocycles. The molecule has 1 atom stereocenters. The second-order valence-electron chi connectivity index (χ2n) is 3.36. The van der Waals surface area contributed by atoms with Crippen LogP contribution >= 0.6 is 0 Å². The van der Waals surface area contributed by atoms with Crippen molar-refractivity contribution in [1.29, 1.82) is 0 Å². The van der Waals surface area contributed by atoms with E-state index >= 15 is 0 Å². The fourth-order valence-corrected chi connectivity index (χ4v) is 1.03. The van der Waals surface area contributed by atoms with E-state index in [1.807, 2.05) is 0 Å². The van der Waals surface area contributed by atoms with E-state index < -0.39 is 0 Å². The highest BCUT2D eigenvalue weighted by molar-refractivity contribution is 5.49. The Morgan fingerprint density at radius 1 is 1.25 bits per heavy atom. The Balaban J connectivity index is 3.26. The summed E-state index contributed by atoms with van der Waals surface area (Å²) in [6.07, 6.45) is 10.9. The molecule has 0 saturated heterocycles. The van der Waals surface area contributed by atoms with Crippen LogP contribution in [0.25, 0.3) is 0 Å². The number of hydrogen-bond acceptors (Lipinski definition) is 1. The van der Waals surface area contributed by atoms with E-state index in [9.17, 15) is 4.79 Å². The number of hydrogen-bond donors (Lipinski definition) is 0. The first-order chi connectivity index (χ1) is 5.81. The molecule has 0 aliphatic heterocycles. The lowest BCUT2D eigenvalue weighted by molar-refractivity contribution is -0.108. The second kappa shape index (κ2) is 8.51. The maximum absolute atomic E-state index is 10.1. The van der Waals surface area contributed by atoms with Gasteiger partial charge in [-0.15, -0.1) is 0 Å². The van der Waals surface area contributed by atoms with Gasteiger partial charge in [-0.05, 0) is 18.8 Å². The van der Waals surface area contributed by atoms with E-state index in [1.54, 1.807) is 0 Å². The Labute approximate surface area is 75.9 Å². The van der Waals surface area contributed by atoms with Crippen LogP contribution in [0.4, 0.5) is 0 Å². The van der Waals surface area contributed by atoms with Crippen molar-refractivity contribution in [3.63, 3.8) is 0 Å². The molecule has 0 aromatic carbocycles. The van der Waals surface area contributed by atoms with Crippen LogP contribution in [0.1, 0.15) is 46.0 Å². The van der Waals surface area contributed by atoms with E-state index in [0.717, 1.165) is 12.7 Å². The van der Waals surface area contributed by atoms with E-state index in [2.05, 4.69) is 26.0 Å². The maximum atomic E-state index is 10.1. The standard InChI is InChI=1S/C11H20O/c1-3-4-5-6-7-8-11(2)9-10-12/h6-7,10-11H,3-5,8-9H2,1-2H3. The molecule has 0 aromatic heterocycles. The van der Waals surface area contributed by atoms with Crippen molar-refractivity contribution >= 4 is 6.29 Å². The average molecular weight is 168 g/mol. The van der Waals surface area contributed by atoms with Crippen LogP contribution in [0.3, 0.4) is 0 Å². The van der Waals surface area contributed by atoms with Crippen molar-refractivity contribution in [3.05, 3.63) is 12.2 Å². The highest BCUT2D eigenvalue weighted by Gasteiger charge is 1.95. The number of unbranched alkanes of at least 4 members (excludes halogenated alkanes) is 2. The van der Waals surface area contributed by atoms with Crippen molar-refractivity contribution in [3.8, 4) is 0 Å². The van der Waals surface area contributed by atoms with Crippen LogP contribution in [-0.4, -0.2) is 6.29 Å². The lowest BCUT2D eigenvalue weighted by Gasteiger charge is -2.01. The smallest absolute Gasteiger partial charge is 0.120 e. The Morgan fingerprint density at radius 3 is 2.58 bits per heavy atom. The third-order valence-electron chi connectivity index (χ3n) is 1.93. The summed E-state index contributed by atoms with van der Waals surface area (Å²) in [6, 6.07) is 0. The van der Waals surface area contributed by atoms with Gasteiger partial charge in [-0.2, -0.15) is 0 Å². The maximum Gasteiger partial charge on any atom is 0.120 e. The zero-order valence-electron chi connectivity index (χ0n) is 8.25. The van der Waals surface area contributed by atoms with E-state index in [-0.39, 0.29) is 0 Å². The molecule has 0 amide bonds. The van der Waals surface area contributed by atoms with Crippen LogP contribution in [0.5, 0.6) is 0 Å². The van der Waals surface area contributed by atoms with Gasteiger partial charge < -0.3 is 4.79 Å². The number of allylic oxidation sites excluding steroid dienone is 2. The third-order valence-corrected chi connectivity index (χ3v) is 1.93. The minimum Gasteiger partial charge on any atom is -0.303 e. The summed E-state index contributed by atoms with van der Waals surface area (Å²) in [5, 5.41) is 0. The van der Waals surface area contributed by atoms with Crippen LogP contribution < -0.4 is 0 Å². The predicted molar refractivity (Wildman–Crippen MR) is 53.1 cm³/mol. The average Bonchev–Trinajstić information content (AvgIpc) is 2.05. The zero-order chi connectivity index (χ0) is 9.23. The van der Waals surface area contributed by atoms with Crippen molar-refractivity contribution in [1.82, 2.24) is 0 Å². The van der Waals surface area contributed by atoms with E-state index in [4.69, 9.17) is 0 Å². The van der Waals surface area contributed by atoms with Gasteiger partial charge >= 0.3 is 0 Å². The van der Waals surface area contributed by atoms with Crippen LogP contribution in [0, 0.1) is 5.92 Å². The first-order valence-electron chi connectivity index (χ1n) is 4.89. The molecule has 0 spiro atoms. The summed E-state index contributed by atoms with van der Waals surface area (Å²) in [7, 11) is 0. The summed E-state index contributed by atoms with van der Waals surface area (Å²) in [5.41, 5.74) is 0. The summed E-state index contributed by atoms with van der Waals surface area (Å²) in [5.74, 6) is 0.514. The van der Waals surface area contributed by atoms with Crippen molar-refractivity contribution in [2.45, 2.75) is 46.0 Å². The van der Waals surface area contributed by atoms with Gasteiger partial charge in [0.25, 0.3) is 0 Å². The predicted octanol–water partition coefficient (Wildman–Crippen LogP) is 3.35. The third kappa shape index (κ3) is 7.52. The fourth-order valence-electron chi connectivity index (χ4n) is 1.03. The normalized spacial score (nSPS) is 13.5. The lowest BCUT2D eigenvalue weighted by atomic mass is 10.0. The van der Waals surface area contributed by atoms with Crippen molar-refractivity contribution < 1.29 is 4.79 Å². The van der Waals surface area contributed by atoms with Gasteiger partial charge in [-0.3, -0.25) is 0 Å². The monoisotopic (exact) mass is 168 g/mol. The molecule has 0 heterocycles. The molecule has 0 bridgehead atoms. The molecule has 12 heavy (non-hydrogen) atoms. The highest BCUT2D eigenvalue weighted by Crippen LogP contribution is 2.06. The van der Waals surface area contributed by atoms with Gasteiger partial charge in [0.15, 0.2) is 0 Å². The Hall–Kier alpha value is -0.590. The van der Waals surface area contributed by atoms with Crippen LogP contribution in [0.15, 0.2) is 12.2 Å². The van der Waals surface area contributed by atoms with Gasteiger partial charge in [-0.25, -0.2) is 0 Å². The Bertz CT molecular complexity index is 127. The second-order valence-corrected chi connectivity index (χ2v) is 3.36. The first-order valence-corrected chi connectivity index (χ1v) is 4.89. The molecule has 1 heteroatoms. The number of carbonyl (C=O) groups is 1. The molecule has 0 radical (unpaired) electrons. The molecular formula is C11H20O. The van der Waals surface area contributed by atoms with E-state index in [1.165, 1.54) is 19.3 Å². The fraction of sp³-hybridized carbons (Fsp3) is 0.727. The van der Waals surface area contributed by atoms with Crippen LogP contribution in [0.2, 0.25) is 0 Å². The summed E-state index contributed by atoms with van der Waals surface area (Å²) < 4.78 is 0. The molecule has 70 valence electrons. The molecule has 0 aliphatic rings. The molecule has 1 nitrogen and oxygen atoms in total. The van der Waals surface area contributed by atoms with Gasteiger partial charge in [-0.1, -0.05) is 38.8 Å². The van der Waals surface area contributed by atoms with Crippen LogP contribution in [-0.2, 0) is 4.79 Å². The zero-order valence-corrected chi connectivity index (χ0v) is 8.25. The quantitative estimate of drug-likeness (QED) is 0.324. The topological polar surface area (TPSA) is 17.1 Å². The number of carbonyl (C=O) groups excluding carboxylic acids is 1. The van der Waals surface area contributed by atoms with Crippen molar-refractivity contribution in [2.75, 3.05) is 0 Å². The van der Waals surface area contributed by atoms with Crippen molar-refractivity contribution in [2.24, 2.45) is 5.92 Å². The minimum absolute atomic E-state index is 0.514. The molecular weight excluding hydrogens is 148 g/mol. The minimum atomic E-state index is 0.514. The van der Waals surface area contributed by atoms with Gasteiger partial charge in [0.1, 0.15) is 6.29 Å².